The van der Waals surface area contributed by atoms with Gasteiger partial charge in [0.05, 0.1) is 6.61 Å². The van der Waals surface area contributed by atoms with Crippen LogP contribution in [0.25, 0.3) is 5.57 Å². The summed E-state index contributed by atoms with van der Waals surface area (Å²) in [6.07, 6.45) is 10.4. The van der Waals surface area contributed by atoms with E-state index < -0.39 is 11.6 Å². The molecule has 0 heterocycles. The Morgan fingerprint density at radius 1 is 1.00 bits per heavy atom. The minimum atomic E-state index is -0.862. The van der Waals surface area contributed by atoms with Crippen molar-refractivity contribution in [3.05, 3.63) is 35.4 Å². The summed E-state index contributed by atoms with van der Waals surface area (Å²) in [7, 11) is 0. The second-order valence-corrected chi connectivity index (χ2v) is 7.46. The Balaban J connectivity index is 1.70. The molecule has 0 N–H and O–H groups in total. The van der Waals surface area contributed by atoms with Crippen LogP contribution in [0.1, 0.15) is 64.4 Å². The van der Waals surface area contributed by atoms with Crippen LogP contribution in [0.2, 0.25) is 0 Å². The monoisotopic (exact) mass is 334 g/mol. The summed E-state index contributed by atoms with van der Waals surface area (Å²) >= 11 is 0. The zero-order valence-corrected chi connectivity index (χ0v) is 14.8. The van der Waals surface area contributed by atoms with Crippen molar-refractivity contribution in [3.8, 4) is 5.75 Å². The summed E-state index contributed by atoms with van der Waals surface area (Å²) in [5, 5.41) is 0. The highest BCUT2D eigenvalue weighted by Crippen LogP contribution is 2.41. The molecule has 1 fully saturated rings. The van der Waals surface area contributed by atoms with E-state index in [0.717, 1.165) is 42.6 Å². The average Bonchev–Trinajstić information content (AvgIpc) is 2.60. The van der Waals surface area contributed by atoms with Crippen LogP contribution in [0.3, 0.4) is 0 Å². The van der Waals surface area contributed by atoms with E-state index in [9.17, 15) is 8.78 Å². The molecule has 0 aromatic heterocycles. The maximum Gasteiger partial charge on any atom is 0.201 e. The Bertz CT molecular complexity index is 600. The normalized spacial score (nSPS) is 27.7. The number of benzene rings is 1. The quantitative estimate of drug-likeness (QED) is 0.621. The molecule has 1 saturated carbocycles. The highest BCUT2D eigenvalue weighted by molar-refractivity contribution is 5.67. The van der Waals surface area contributed by atoms with Crippen molar-refractivity contribution in [2.24, 2.45) is 17.8 Å². The van der Waals surface area contributed by atoms with Gasteiger partial charge >= 0.3 is 0 Å². The standard InChI is InChI=1S/C21H28F2O/c1-3-24-19-13-12-18(20(22)21(19)23)17-10-8-16(9-11-17)15-6-4-14(2)5-7-15/h10,12-16H,3-9,11H2,1-2H3. The summed E-state index contributed by atoms with van der Waals surface area (Å²) < 4.78 is 33.6. The second-order valence-electron chi connectivity index (χ2n) is 7.46. The smallest absolute Gasteiger partial charge is 0.201 e. The molecule has 0 amide bonds. The molecule has 0 aliphatic heterocycles. The van der Waals surface area contributed by atoms with Gasteiger partial charge in [-0.3, -0.25) is 0 Å². The molecule has 24 heavy (non-hydrogen) atoms. The van der Waals surface area contributed by atoms with Crippen molar-refractivity contribution in [3.63, 3.8) is 0 Å². The molecular formula is C21H28F2O. The molecule has 1 unspecified atom stereocenters. The Labute approximate surface area is 144 Å². The van der Waals surface area contributed by atoms with Gasteiger partial charge in [0.2, 0.25) is 5.82 Å². The third-order valence-electron chi connectivity index (χ3n) is 5.87. The lowest BCUT2D eigenvalue weighted by Gasteiger charge is -2.34. The van der Waals surface area contributed by atoms with Gasteiger partial charge in [0, 0.05) is 5.56 Å². The van der Waals surface area contributed by atoms with E-state index in [1.54, 1.807) is 19.1 Å². The minimum absolute atomic E-state index is 0.00404. The zero-order chi connectivity index (χ0) is 17.1. The third kappa shape index (κ3) is 3.65. The first-order valence-electron chi connectivity index (χ1n) is 9.40. The molecule has 2 aliphatic rings. The first-order chi connectivity index (χ1) is 11.6. The molecule has 0 saturated heterocycles. The summed E-state index contributed by atoms with van der Waals surface area (Å²) in [6.45, 7) is 4.44. The summed E-state index contributed by atoms with van der Waals surface area (Å²) in [5.41, 5.74) is 1.36. The molecule has 132 valence electrons. The molecule has 2 aliphatic carbocycles. The highest BCUT2D eigenvalue weighted by atomic mass is 19.2. The van der Waals surface area contributed by atoms with Gasteiger partial charge in [-0.2, -0.15) is 4.39 Å². The predicted molar refractivity (Wildman–Crippen MR) is 94.0 cm³/mol. The van der Waals surface area contributed by atoms with Gasteiger partial charge in [-0.15, -0.1) is 0 Å². The van der Waals surface area contributed by atoms with Crippen molar-refractivity contribution < 1.29 is 13.5 Å². The van der Waals surface area contributed by atoms with E-state index in [-0.39, 0.29) is 5.75 Å². The molecule has 1 aromatic rings. The third-order valence-corrected chi connectivity index (χ3v) is 5.87. The van der Waals surface area contributed by atoms with Gasteiger partial charge in [-0.25, -0.2) is 4.39 Å². The fourth-order valence-corrected chi connectivity index (χ4v) is 4.33. The van der Waals surface area contributed by atoms with Gasteiger partial charge in [0.25, 0.3) is 0 Å². The molecule has 1 aromatic carbocycles. The maximum atomic E-state index is 14.4. The lowest BCUT2D eigenvalue weighted by atomic mass is 9.71. The predicted octanol–water partition coefficient (Wildman–Crippen LogP) is 6.37. The van der Waals surface area contributed by atoms with Crippen LogP contribution in [0.15, 0.2) is 18.2 Å². The van der Waals surface area contributed by atoms with E-state index in [1.165, 1.54) is 25.7 Å². The molecule has 1 nitrogen and oxygen atoms in total. The summed E-state index contributed by atoms with van der Waals surface area (Å²) in [4.78, 5) is 0. The molecule has 0 radical (unpaired) electrons. The van der Waals surface area contributed by atoms with E-state index >= 15 is 0 Å². The topological polar surface area (TPSA) is 9.23 Å². The lowest BCUT2D eigenvalue weighted by Crippen LogP contribution is -2.22. The maximum absolute atomic E-state index is 14.4. The second kappa shape index (κ2) is 7.67. The molecule has 0 spiro atoms. The van der Waals surface area contributed by atoms with Gasteiger partial charge in [0.1, 0.15) is 0 Å². The number of hydrogen-bond donors (Lipinski definition) is 0. The Morgan fingerprint density at radius 2 is 1.75 bits per heavy atom. The van der Waals surface area contributed by atoms with Crippen LogP contribution < -0.4 is 4.74 Å². The van der Waals surface area contributed by atoms with Crippen molar-refractivity contribution in [1.29, 1.82) is 0 Å². The van der Waals surface area contributed by atoms with Gasteiger partial charge < -0.3 is 4.74 Å². The Kier molecular flexibility index (Phi) is 5.57. The summed E-state index contributed by atoms with van der Waals surface area (Å²) in [5.74, 6) is 0.787. The average molecular weight is 334 g/mol. The van der Waals surface area contributed by atoms with E-state index in [4.69, 9.17) is 4.74 Å². The SMILES string of the molecule is CCOc1ccc(C2=CCC(C3CCC(C)CC3)CC2)c(F)c1F. The van der Waals surface area contributed by atoms with Gasteiger partial charge in [-0.05, 0) is 74.5 Å². The molecule has 3 rings (SSSR count). The van der Waals surface area contributed by atoms with Gasteiger partial charge in [-0.1, -0.05) is 25.8 Å². The lowest BCUT2D eigenvalue weighted by molar-refractivity contribution is 0.202. The fraction of sp³-hybridized carbons (Fsp3) is 0.619. The number of allylic oxidation sites excluding steroid dienone is 2. The highest BCUT2D eigenvalue weighted by Gasteiger charge is 2.28. The minimum Gasteiger partial charge on any atom is -0.491 e. The van der Waals surface area contributed by atoms with Gasteiger partial charge in [0.15, 0.2) is 11.6 Å². The van der Waals surface area contributed by atoms with Crippen LogP contribution >= 0.6 is 0 Å². The van der Waals surface area contributed by atoms with Crippen LogP contribution in [0, 0.1) is 29.4 Å². The van der Waals surface area contributed by atoms with Crippen molar-refractivity contribution in [1.82, 2.24) is 0 Å². The number of rotatable bonds is 4. The van der Waals surface area contributed by atoms with Crippen molar-refractivity contribution >= 4 is 5.57 Å². The number of ether oxygens (including phenoxy) is 1. The van der Waals surface area contributed by atoms with Crippen LogP contribution in [0.4, 0.5) is 8.78 Å². The van der Waals surface area contributed by atoms with Crippen LogP contribution in [-0.4, -0.2) is 6.61 Å². The van der Waals surface area contributed by atoms with Crippen molar-refractivity contribution in [2.75, 3.05) is 6.61 Å². The van der Waals surface area contributed by atoms with Crippen molar-refractivity contribution in [2.45, 2.75) is 58.8 Å². The van der Waals surface area contributed by atoms with E-state index in [0.29, 0.717) is 12.2 Å². The zero-order valence-electron chi connectivity index (χ0n) is 14.8. The number of hydrogen-bond acceptors (Lipinski definition) is 1. The van der Waals surface area contributed by atoms with Crippen LogP contribution in [0.5, 0.6) is 5.75 Å². The number of halogens is 2. The van der Waals surface area contributed by atoms with E-state index in [2.05, 4.69) is 13.0 Å². The van der Waals surface area contributed by atoms with E-state index in [1.807, 2.05) is 0 Å². The first-order valence-corrected chi connectivity index (χ1v) is 9.40. The fourth-order valence-electron chi connectivity index (χ4n) is 4.33. The molecular weight excluding hydrogens is 306 g/mol. The Hall–Kier alpha value is -1.38. The molecule has 3 heteroatoms. The van der Waals surface area contributed by atoms with Crippen LogP contribution in [-0.2, 0) is 0 Å². The Morgan fingerprint density at radius 3 is 2.38 bits per heavy atom. The summed E-state index contributed by atoms with van der Waals surface area (Å²) in [6, 6.07) is 3.21. The largest absolute Gasteiger partial charge is 0.491 e. The molecule has 0 bridgehead atoms. The first kappa shape index (κ1) is 17.4. The molecule has 1 atom stereocenters.